The number of carboxylic acid groups (broad SMARTS) is 1. The van der Waals surface area contributed by atoms with E-state index in [1.54, 1.807) is 10.7 Å². The van der Waals surface area contributed by atoms with E-state index in [4.69, 9.17) is 5.11 Å². The molecule has 0 bridgehead atoms. The molecule has 0 spiro atoms. The molecule has 8 nitrogen and oxygen atoms in total. The zero-order chi connectivity index (χ0) is 15.0. The number of phenols is 2. The molecule has 0 unspecified atom stereocenters. The van der Waals surface area contributed by atoms with E-state index in [0.29, 0.717) is 19.6 Å². The molecule has 1 fully saturated rings. The molecule has 0 atom stereocenters. The van der Waals surface area contributed by atoms with E-state index in [9.17, 15) is 15.0 Å². The first-order chi connectivity index (χ1) is 10.0. The molecular weight excluding hydrogens is 276 g/mol. The molecule has 1 aromatic heterocycles. The summed E-state index contributed by atoms with van der Waals surface area (Å²) in [5, 5.41) is 35.1. The number of aromatic hydroxyl groups is 2. The Morgan fingerprint density at radius 3 is 2.71 bits per heavy atom. The average molecular weight is 290 g/mol. The lowest BCUT2D eigenvalue weighted by Gasteiger charge is -2.38. The molecule has 1 saturated heterocycles. The highest BCUT2D eigenvalue weighted by Crippen LogP contribution is 2.28. The minimum absolute atomic E-state index is 0.0292. The number of carbonyl (C=O) groups is 1. The zero-order valence-corrected chi connectivity index (χ0v) is 11.0. The van der Waals surface area contributed by atoms with Gasteiger partial charge in [0.15, 0.2) is 5.69 Å². The van der Waals surface area contributed by atoms with Gasteiger partial charge < -0.3 is 15.3 Å². The van der Waals surface area contributed by atoms with Crippen molar-refractivity contribution in [2.75, 3.05) is 13.1 Å². The van der Waals surface area contributed by atoms with Crippen molar-refractivity contribution in [3.8, 4) is 11.5 Å². The van der Waals surface area contributed by atoms with Gasteiger partial charge in [-0.15, -0.1) is 5.10 Å². The summed E-state index contributed by atoms with van der Waals surface area (Å²) < 4.78 is 1.55. The van der Waals surface area contributed by atoms with Gasteiger partial charge >= 0.3 is 5.97 Å². The van der Waals surface area contributed by atoms with Crippen molar-refractivity contribution in [1.29, 1.82) is 0 Å². The van der Waals surface area contributed by atoms with Crippen LogP contribution in [0.2, 0.25) is 0 Å². The fourth-order valence-electron chi connectivity index (χ4n) is 2.32. The summed E-state index contributed by atoms with van der Waals surface area (Å²) in [6.07, 6.45) is 1.42. The Balaban J connectivity index is 1.59. The van der Waals surface area contributed by atoms with E-state index >= 15 is 0 Å². The molecule has 1 aromatic carbocycles. The minimum atomic E-state index is -1.09. The minimum Gasteiger partial charge on any atom is -0.508 e. The molecule has 1 aliphatic heterocycles. The van der Waals surface area contributed by atoms with Crippen LogP contribution in [0.5, 0.6) is 11.5 Å². The van der Waals surface area contributed by atoms with Gasteiger partial charge in [0.1, 0.15) is 11.5 Å². The number of hydrogen-bond donors (Lipinski definition) is 3. The van der Waals surface area contributed by atoms with Crippen molar-refractivity contribution >= 4 is 5.97 Å². The third-order valence-corrected chi connectivity index (χ3v) is 3.50. The predicted molar refractivity (Wildman–Crippen MR) is 71.1 cm³/mol. The Morgan fingerprint density at radius 1 is 1.33 bits per heavy atom. The molecule has 2 heterocycles. The topological polar surface area (TPSA) is 112 Å². The molecule has 0 aliphatic carbocycles. The number of hydrogen-bond acceptors (Lipinski definition) is 6. The lowest BCUT2D eigenvalue weighted by molar-refractivity contribution is 0.0689. The van der Waals surface area contributed by atoms with Crippen LogP contribution in [0.3, 0.4) is 0 Å². The van der Waals surface area contributed by atoms with Crippen molar-refractivity contribution in [2.45, 2.75) is 12.6 Å². The Kier molecular flexibility index (Phi) is 3.22. The number of likely N-dealkylation sites (tertiary alicyclic amines) is 1. The second kappa shape index (κ2) is 5.06. The number of nitrogens with zero attached hydrogens (tertiary/aromatic N) is 4. The Morgan fingerprint density at radius 2 is 2.10 bits per heavy atom. The number of carboxylic acids is 1. The highest BCUT2D eigenvalue weighted by atomic mass is 16.4. The maximum absolute atomic E-state index is 10.7. The van der Waals surface area contributed by atoms with E-state index in [-0.39, 0.29) is 23.2 Å². The van der Waals surface area contributed by atoms with Crippen LogP contribution in [0.1, 0.15) is 22.1 Å². The Hall–Kier alpha value is -2.61. The average Bonchev–Trinajstić information content (AvgIpc) is 2.84. The Bertz CT molecular complexity index is 679. The van der Waals surface area contributed by atoms with E-state index in [2.05, 4.69) is 15.2 Å². The number of aromatic nitrogens is 3. The summed E-state index contributed by atoms with van der Waals surface area (Å²) in [5.41, 5.74) is 0.667. The molecule has 2 aromatic rings. The van der Waals surface area contributed by atoms with Gasteiger partial charge in [-0.1, -0.05) is 11.3 Å². The first kappa shape index (κ1) is 13.4. The van der Waals surface area contributed by atoms with E-state index < -0.39 is 5.97 Å². The summed E-state index contributed by atoms with van der Waals surface area (Å²) in [6, 6.07) is 4.60. The fourth-order valence-corrected chi connectivity index (χ4v) is 2.32. The molecule has 21 heavy (non-hydrogen) atoms. The fraction of sp³-hybridized carbons (Fsp3) is 0.308. The van der Waals surface area contributed by atoms with Gasteiger partial charge in [0.05, 0.1) is 12.2 Å². The highest BCUT2D eigenvalue weighted by molar-refractivity contribution is 5.84. The first-order valence-corrected chi connectivity index (χ1v) is 6.41. The van der Waals surface area contributed by atoms with Gasteiger partial charge in [0.2, 0.25) is 0 Å². The van der Waals surface area contributed by atoms with Crippen LogP contribution in [0.4, 0.5) is 0 Å². The number of benzene rings is 1. The molecular formula is C13H14N4O4. The van der Waals surface area contributed by atoms with E-state index in [0.717, 1.165) is 5.56 Å². The van der Waals surface area contributed by atoms with Gasteiger partial charge in [-0.2, -0.15) is 0 Å². The molecule has 0 amide bonds. The van der Waals surface area contributed by atoms with Gasteiger partial charge in [-0.05, 0) is 6.07 Å². The second-order valence-corrected chi connectivity index (χ2v) is 5.05. The predicted octanol–water partition coefficient (Wildman–Crippen LogP) is 0.444. The van der Waals surface area contributed by atoms with Crippen molar-refractivity contribution in [1.82, 2.24) is 19.9 Å². The molecule has 1 aliphatic rings. The van der Waals surface area contributed by atoms with Crippen molar-refractivity contribution in [3.05, 3.63) is 35.7 Å². The van der Waals surface area contributed by atoms with Crippen LogP contribution >= 0.6 is 0 Å². The number of rotatable bonds is 4. The van der Waals surface area contributed by atoms with Gasteiger partial charge in [-0.25, -0.2) is 9.48 Å². The largest absolute Gasteiger partial charge is 0.508 e. The lowest BCUT2D eigenvalue weighted by Crippen LogP contribution is -2.47. The lowest BCUT2D eigenvalue weighted by atomic mass is 10.1. The van der Waals surface area contributed by atoms with Crippen LogP contribution in [0.25, 0.3) is 0 Å². The summed E-state index contributed by atoms with van der Waals surface area (Å²) in [5.74, 6) is -1.000. The quantitative estimate of drug-likeness (QED) is 0.749. The van der Waals surface area contributed by atoms with Crippen LogP contribution in [-0.2, 0) is 6.54 Å². The van der Waals surface area contributed by atoms with Gasteiger partial charge in [0, 0.05) is 31.3 Å². The third-order valence-electron chi connectivity index (χ3n) is 3.50. The monoisotopic (exact) mass is 290 g/mol. The molecule has 8 heteroatoms. The number of phenolic OH excluding ortho intramolecular Hbond substituents is 2. The van der Waals surface area contributed by atoms with E-state index in [1.807, 2.05) is 0 Å². The third kappa shape index (κ3) is 2.65. The van der Waals surface area contributed by atoms with Crippen molar-refractivity contribution < 1.29 is 20.1 Å². The van der Waals surface area contributed by atoms with Crippen LogP contribution < -0.4 is 0 Å². The smallest absolute Gasteiger partial charge is 0.358 e. The van der Waals surface area contributed by atoms with Crippen LogP contribution in [0.15, 0.2) is 24.4 Å². The SMILES string of the molecule is O=C(O)c1cn(C2CN(Cc3ccc(O)cc3O)C2)nn1. The molecule has 110 valence electrons. The van der Waals surface area contributed by atoms with Crippen molar-refractivity contribution in [3.63, 3.8) is 0 Å². The summed E-state index contributed by atoms with van der Waals surface area (Å²) in [4.78, 5) is 12.8. The standard InChI is InChI=1S/C13H14N4O4/c18-10-2-1-8(12(19)3-10)4-16-5-9(6-16)17-7-11(13(20)21)14-15-17/h1-3,7,9,18-19H,4-6H2,(H,20,21). The Labute approximate surface area is 119 Å². The van der Waals surface area contributed by atoms with Crippen LogP contribution in [-0.4, -0.2) is 54.3 Å². The van der Waals surface area contributed by atoms with Crippen LogP contribution in [0, 0.1) is 0 Å². The maximum Gasteiger partial charge on any atom is 0.358 e. The molecule has 3 N–H and O–H groups in total. The summed E-state index contributed by atoms with van der Waals surface area (Å²) >= 11 is 0. The zero-order valence-electron chi connectivity index (χ0n) is 11.0. The van der Waals surface area contributed by atoms with Gasteiger partial charge in [-0.3, -0.25) is 4.90 Å². The normalized spacial score (nSPS) is 15.8. The highest BCUT2D eigenvalue weighted by Gasteiger charge is 2.30. The molecule has 3 rings (SSSR count). The number of aromatic carboxylic acids is 1. The van der Waals surface area contributed by atoms with E-state index in [1.165, 1.54) is 18.3 Å². The maximum atomic E-state index is 10.7. The molecule has 0 radical (unpaired) electrons. The molecule has 0 saturated carbocycles. The summed E-state index contributed by atoms with van der Waals surface area (Å²) in [7, 11) is 0. The summed E-state index contributed by atoms with van der Waals surface area (Å²) in [6.45, 7) is 1.95. The van der Waals surface area contributed by atoms with Gasteiger partial charge in [0.25, 0.3) is 0 Å². The van der Waals surface area contributed by atoms with Crippen molar-refractivity contribution in [2.24, 2.45) is 0 Å². The second-order valence-electron chi connectivity index (χ2n) is 5.05. The first-order valence-electron chi connectivity index (χ1n) is 6.41.